The molecular formula is C14H21FN2O. The molecule has 1 aliphatic rings. The number of halogens is 1. The molecule has 4 heteroatoms. The molecule has 0 spiro atoms. The fourth-order valence-corrected chi connectivity index (χ4v) is 2.21. The Hall–Kier alpha value is -1.13. The van der Waals surface area contributed by atoms with E-state index in [1.54, 1.807) is 12.1 Å². The second kappa shape index (κ2) is 5.67. The Kier molecular flexibility index (Phi) is 4.19. The highest BCUT2D eigenvalue weighted by molar-refractivity contribution is 5.42. The van der Waals surface area contributed by atoms with Crippen molar-refractivity contribution < 1.29 is 9.13 Å². The molecule has 0 saturated carbocycles. The maximum Gasteiger partial charge on any atom is 0.123 e. The smallest absolute Gasteiger partial charge is 0.123 e. The summed E-state index contributed by atoms with van der Waals surface area (Å²) in [6.07, 6.45) is 0. The minimum atomic E-state index is -0.199. The highest BCUT2D eigenvalue weighted by atomic mass is 19.1. The van der Waals surface area contributed by atoms with Gasteiger partial charge in [0.1, 0.15) is 5.82 Å². The molecule has 100 valence electrons. The van der Waals surface area contributed by atoms with Gasteiger partial charge in [-0.05, 0) is 38.1 Å². The van der Waals surface area contributed by atoms with Crippen LogP contribution in [0, 0.1) is 5.82 Å². The first kappa shape index (κ1) is 13.3. The summed E-state index contributed by atoms with van der Waals surface area (Å²) in [7, 11) is 0. The summed E-state index contributed by atoms with van der Waals surface area (Å²) in [5.41, 5.74) is 1.06. The monoisotopic (exact) mass is 252 g/mol. The molecule has 0 bridgehead atoms. The van der Waals surface area contributed by atoms with Crippen LogP contribution in [0.3, 0.4) is 0 Å². The lowest BCUT2D eigenvalue weighted by Crippen LogP contribution is -2.54. The van der Waals surface area contributed by atoms with E-state index in [9.17, 15) is 4.39 Å². The third-order valence-corrected chi connectivity index (χ3v) is 3.37. The minimum Gasteiger partial charge on any atom is -0.384 e. The second-order valence-electron chi connectivity index (χ2n) is 5.29. The zero-order chi connectivity index (χ0) is 13.0. The summed E-state index contributed by atoms with van der Waals surface area (Å²) < 4.78 is 18.2. The molecule has 0 atom stereocenters. The van der Waals surface area contributed by atoms with Crippen LogP contribution in [-0.4, -0.2) is 43.3 Å². The van der Waals surface area contributed by atoms with Gasteiger partial charge < -0.3 is 10.1 Å². The Balaban J connectivity index is 1.79. The molecule has 1 aliphatic heterocycles. The van der Waals surface area contributed by atoms with E-state index in [0.717, 1.165) is 38.5 Å². The molecule has 1 heterocycles. The van der Waals surface area contributed by atoms with Crippen LogP contribution < -0.4 is 5.32 Å². The van der Waals surface area contributed by atoms with Gasteiger partial charge in [0.25, 0.3) is 0 Å². The average Bonchev–Trinajstić information content (AvgIpc) is 2.33. The number of nitrogens with zero attached hydrogens (tertiary/aromatic N) is 1. The predicted molar refractivity (Wildman–Crippen MR) is 71.4 cm³/mol. The van der Waals surface area contributed by atoms with E-state index in [0.29, 0.717) is 0 Å². The summed E-state index contributed by atoms with van der Waals surface area (Å²) in [5.74, 6) is -0.199. The normalized spacial score (nSPS) is 19.7. The van der Waals surface area contributed by atoms with Crippen LogP contribution in [0.2, 0.25) is 0 Å². The maximum absolute atomic E-state index is 12.8. The molecule has 1 aromatic carbocycles. The number of benzene rings is 1. The fraction of sp³-hybridized carbons (Fsp3) is 0.571. The third kappa shape index (κ3) is 3.43. The highest BCUT2D eigenvalue weighted by Gasteiger charge is 2.29. The van der Waals surface area contributed by atoms with Crippen molar-refractivity contribution in [3.8, 4) is 0 Å². The van der Waals surface area contributed by atoms with Gasteiger partial charge in [-0.3, -0.25) is 4.90 Å². The summed E-state index contributed by atoms with van der Waals surface area (Å²) in [6.45, 7) is 8.78. The van der Waals surface area contributed by atoms with Crippen LogP contribution in [0.5, 0.6) is 0 Å². The van der Waals surface area contributed by atoms with Crippen molar-refractivity contribution in [2.75, 3.05) is 38.2 Å². The molecular weight excluding hydrogens is 231 g/mol. The molecule has 1 N–H and O–H groups in total. The lowest BCUT2D eigenvalue weighted by molar-refractivity contribution is -0.0487. The number of ether oxygens (including phenoxy) is 1. The molecule has 2 rings (SSSR count). The molecule has 1 aromatic rings. The summed E-state index contributed by atoms with van der Waals surface area (Å²) >= 11 is 0. The Bertz CT molecular complexity index is 378. The molecule has 1 saturated heterocycles. The molecule has 3 nitrogen and oxygen atoms in total. The first-order valence-corrected chi connectivity index (χ1v) is 6.40. The Morgan fingerprint density at radius 3 is 2.72 bits per heavy atom. The van der Waals surface area contributed by atoms with Crippen LogP contribution in [0.4, 0.5) is 10.1 Å². The van der Waals surface area contributed by atoms with Crippen molar-refractivity contribution in [2.24, 2.45) is 0 Å². The fourth-order valence-electron chi connectivity index (χ4n) is 2.21. The first-order chi connectivity index (χ1) is 8.58. The Morgan fingerprint density at radius 1 is 1.33 bits per heavy atom. The Labute approximate surface area is 108 Å². The largest absolute Gasteiger partial charge is 0.384 e. The summed E-state index contributed by atoms with van der Waals surface area (Å²) in [6, 6.07) is 6.47. The van der Waals surface area contributed by atoms with Gasteiger partial charge in [-0.25, -0.2) is 4.39 Å². The molecule has 1 fully saturated rings. The van der Waals surface area contributed by atoms with Crippen molar-refractivity contribution >= 4 is 5.69 Å². The van der Waals surface area contributed by atoms with Gasteiger partial charge in [0, 0.05) is 30.9 Å². The van der Waals surface area contributed by atoms with Crippen LogP contribution in [0.15, 0.2) is 24.3 Å². The van der Waals surface area contributed by atoms with Gasteiger partial charge in [-0.15, -0.1) is 0 Å². The summed E-state index contributed by atoms with van der Waals surface area (Å²) in [5, 5.41) is 3.31. The van der Waals surface area contributed by atoms with Crippen LogP contribution >= 0.6 is 0 Å². The SMILES string of the molecule is CC1(C)COCCN1CCNc1ccc(F)cc1. The van der Waals surface area contributed by atoms with E-state index in [1.807, 2.05) is 0 Å². The zero-order valence-corrected chi connectivity index (χ0v) is 11.1. The number of hydrogen-bond acceptors (Lipinski definition) is 3. The van der Waals surface area contributed by atoms with Crippen molar-refractivity contribution in [3.05, 3.63) is 30.1 Å². The molecule has 0 radical (unpaired) electrons. The van der Waals surface area contributed by atoms with E-state index >= 15 is 0 Å². The van der Waals surface area contributed by atoms with Crippen molar-refractivity contribution in [2.45, 2.75) is 19.4 Å². The van der Waals surface area contributed by atoms with E-state index in [2.05, 4.69) is 24.1 Å². The topological polar surface area (TPSA) is 24.5 Å². The third-order valence-electron chi connectivity index (χ3n) is 3.37. The first-order valence-electron chi connectivity index (χ1n) is 6.40. The molecule has 18 heavy (non-hydrogen) atoms. The standard InChI is InChI=1S/C14H21FN2O/c1-14(2)11-18-10-9-17(14)8-7-16-13-5-3-12(15)4-6-13/h3-6,16H,7-11H2,1-2H3. The number of hydrogen-bond donors (Lipinski definition) is 1. The number of nitrogens with one attached hydrogen (secondary N) is 1. The van der Waals surface area contributed by atoms with Gasteiger partial charge in [-0.2, -0.15) is 0 Å². The minimum absolute atomic E-state index is 0.0999. The predicted octanol–water partition coefficient (Wildman–Crippen LogP) is 2.35. The van der Waals surface area contributed by atoms with Gasteiger partial charge >= 0.3 is 0 Å². The van der Waals surface area contributed by atoms with Crippen LogP contribution in [0.1, 0.15) is 13.8 Å². The van der Waals surface area contributed by atoms with Gasteiger partial charge in [-0.1, -0.05) is 0 Å². The average molecular weight is 252 g/mol. The van der Waals surface area contributed by atoms with Gasteiger partial charge in [0.2, 0.25) is 0 Å². The van der Waals surface area contributed by atoms with E-state index in [1.165, 1.54) is 12.1 Å². The quantitative estimate of drug-likeness (QED) is 0.890. The van der Waals surface area contributed by atoms with Crippen molar-refractivity contribution in [1.29, 1.82) is 0 Å². The number of rotatable bonds is 4. The number of morpholine rings is 1. The van der Waals surface area contributed by atoms with Gasteiger partial charge in [0.05, 0.1) is 13.2 Å². The lowest BCUT2D eigenvalue weighted by Gasteiger charge is -2.42. The lowest BCUT2D eigenvalue weighted by atomic mass is 10.0. The molecule has 0 aromatic heterocycles. The van der Waals surface area contributed by atoms with E-state index in [4.69, 9.17) is 4.74 Å². The molecule has 0 aliphatic carbocycles. The van der Waals surface area contributed by atoms with E-state index < -0.39 is 0 Å². The summed E-state index contributed by atoms with van der Waals surface area (Å²) in [4.78, 5) is 2.42. The van der Waals surface area contributed by atoms with Gasteiger partial charge in [0.15, 0.2) is 0 Å². The number of anilines is 1. The molecule has 0 unspecified atom stereocenters. The van der Waals surface area contributed by atoms with E-state index in [-0.39, 0.29) is 11.4 Å². The van der Waals surface area contributed by atoms with Crippen LogP contribution in [-0.2, 0) is 4.74 Å². The maximum atomic E-state index is 12.8. The Morgan fingerprint density at radius 2 is 2.06 bits per heavy atom. The van der Waals surface area contributed by atoms with Crippen molar-refractivity contribution in [1.82, 2.24) is 4.90 Å². The van der Waals surface area contributed by atoms with Crippen LogP contribution in [0.25, 0.3) is 0 Å². The highest BCUT2D eigenvalue weighted by Crippen LogP contribution is 2.18. The second-order valence-corrected chi connectivity index (χ2v) is 5.29. The van der Waals surface area contributed by atoms with Crippen molar-refractivity contribution in [3.63, 3.8) is 0 Å². The zero-order valence-electron chi connectivity index (χ0n) is 11.1. The molecule has 0 amide bonds.